The van der Waals surface area contributed by atoms with Crippen LogP contribution in [-0.4, -0.2) is 60.9 Å². The maximum Gasteiger partial charge on any atom is 0.407 e. The van der Waals surface area contributed by atoms with Crippen LogP contribution in [0.4, 0.5) is 4.79 Å². The molecule has 144 valence electrons. The van der Waals surface area contributed by atoms with Gasteiger partial charge >= 0.3 is 6.09 Å². The third kappa shape index (κ3) is 8.21. The Morgan fingerprint density at radius 2 is 1.81 bits per heavy atom. The maximum absolute atomic E-state index is 11.7. The van der Waals surface area contributed by atoms with E-state index in [2.05, 4.69) is 10.2 Å². The van der Waals surface area contributed by atoms with Crippen molar-refractivity contribution >= 4 is 16.2 Å². The second-order valence-corrected chi connectivity index (χ2v) is 7.62. The molecule has 0 fully saturated rings. The molecular weight excluding hydrogens is 358 g/mol. The molecule has 8 nitrogen and oxygen atoms in total. The van der Waals surface area contributed by atoms with E-state index in [-0.39, 0.29) is 12.4 Å². The van der Waals surface area contributed by atoms with Crippen LogP contribution < -0.4 is 5.32 Å². The molecule has 0 atom stereocenters. The number of amides is 1. The largest absolute Gasteiger partial charge is 0.445 e. The van der Waals surface area contributed by atoms with Gasteiger partial charge in [0.1, 0.15) is 6.61 Å². The number of unbranched alkanes of at least 4 members (excludes halogenated alkanes) is 1. The number of nitrogens with zero attached hydrogens (tertiary/aromatic N) is 2. The molecule has 1 aliphatic rings. The first kappa shape index (κ1) is 20.1. The monoisotopic (exact) mass is 383 g/mol. The van der Waals surface area contributed by atoms with Crippen LogP contribution in [0.3, 0.4) is 0 Å². The number of alkyl carbamates (subject to hydrolysis) is 1. The van der Waals surface area contributed by atoms with E-state index < -0.39 is 16.2 Å². The lowest BCUT2D eigenvalue weighted by atomic mass is 10.2. The number of rotatable bonds is 10. The number of benzene rings is 1. The molecule has 1 heterocycles. The lowest BCUT2D eigenvalue weighted by Crippen LogP contribution is -2.34. The molecule has 0 saturated heterocycles. The normalized spacial score (nSPS) is 13.9. The van der Waals surface area contributed by atoms with E-state index in [1.807, 2.05) is 47.6 Å². The van der Waals surface area contributed by atoms with E-state index in [1.54, 1.807) is 0 Å². The predicted molar refractivity (Wildman–Crippen MR) is 97.7 cm³/mol. The Morgan fingerprint density at radius 1 is 1.12 bits per heavy atom. The Labute approximate surface area is 154 Å². The van der Waals surface area contributed by atoms with Crippen molar-refractivity contribution in [1.29, 1.82) is 0 Å². The highest BCUT2D eigenvalue weighted by Gasteiger charge is 2.12. The molecule has 2 rings (SSSR count). The highest BCUT2D eigenvalue weighted by Crippen LogP contribution is 2.08. The molecule has 2 N–H and O–H groups in total. The van der Waals surface area contributed by atoms with Gasteiger partial charge in [0.05, 0.1) is 12.4 Å². The number of hydrogen-bond acceptors (Lipinski definition) is 6. The predicted octanol–water partition coefficient (Wildman–Crippen LogP) is 1.63. The molecule has 9 heteroatoms. The molecular formula is C17H25N3O5S. The van der Waals surface area contributed by atoms with E-state index in [0.717, 1.165) is 12.1 Å². The minimum Gasteiger partial charge on any atom is -0.445 e. The fourth-order valence-electron chi connectivity index (χ4n) is 2.48. The van der Waals surface area contributed by atoms with Gasteiger partial charge in [-0.05, 0) is 18.4 Å². The molecule has 0 saturated carbocycles. The summed E-state index contributed by atoms with van der Waals surface area (Å²) < 4.78 is 35.1. The van der Waals surface area contributed by atoms with E-state index in [1.165, 1.54) is 0 Å². The zero-order valence-electron chi connectivity index (χ0n) is 14.6. The van der Waals surface area contributed by atoms with E-state index in [0.29, 0.717) is 32.6 Å². The minimum atomic E-state index is -3.87. The molecule has 26 heavy (non-hydrogen) atoms. The van der Waals surface area contributed by atoms with E-state index in [9.17, 15) is 13.2 Å². The number of ether oxygens (including phenoxy) is 1. The first-order valence-electron chi connectivity index (χ1n) is 8.48. The summed E-state index contributed by atoms with van der Waals surface area (Å²) in [4.78, 5) is 15.8. The van der Waals surface area contributed by atoms with Crippen molar-refractivity contribution in [1.82, 2.24) is 15.1 Å². The second-order valence-electron chi connectivity index (χ2n) is 6.05. The highest BCUT2D eigenvalue weighted by molar-refractivity contribution is 7.85. The summed E-state index contributed by atoms with van der Waals surface area (Å²) in [5.74, 6) is -0.205. The lowest BCUT2D eigenvalue weighted by molar-refractivity contribution is 0.138. The van der Waals surface area contributed by atoms with Crippen LogP contribution in [0.1, 0.15) is 18.4 Å². The zero-order chi connectivity index (χ0) is 18.8. The Hall–Kier alpha value is -2.26. The van der Waals surface area contributed by atoms with Gasteiger partial charge in [0.15, 0.2) is 0 Å². The number of nitrogens with one attached hydrogen (secondary N) is 1. The van der Waals surface area contributed by atoms with Crippen molar-refractivity contribution < 1.29 is 22.5 Å². The Balaban J connectivity index is 1.52. The molecule has 1 aromatic rings. The summed E-state index contributed by atoms with van der Waals surface area (Å²) in [5.41, 5.74) is 0.940. The SMILES string of the molecule is O=C(NCCN1C=CN(CCCCS(=O)(=O)O)C1)OCc1ccccc1. The van der Waals surface area contributed by atoms with Crippen LogP contribution >= 0.6 is 0 Å². The average molecular weight is 383 g/mol. The van der Waals surface area contributed by atoms with Gasteiger partial charge in [-0.1, -0.05) is 30.3 Å². The van der Waals surface area contributed by atoms with Crippen molar-refractivity contribution in [2.24, 2.45) is 0 Å². The number of carbonyl (C=O) groups is 1. The molecule has 0 radical (unpaired) electrons. The smallest absolute Gasteiger partial charge is 0.407 e. The molecule has 0 aliphatic carbocycles. The van der Waals surface area contributed by atoms with Gasteiger partial charge in [-0.15, -0.1) is 0 Å². The first-order valence-corrected chi connectivity index (χ1v) is 10.1. The molecule has 0 unspecified atom stereocenters. The maximum atomic E-state index is 11.7. The van der Waals surface area contributed by atoms with Gasteiger partial charge in [-0.2, -0.15) is 8.42 Å². The van der Waals surface area contributed by atoms with Crippen molar-refractivity contribution in [2.45, 2.75) is 19.4 Å². The summed E-state index contributed by atoms with van der Waals surface area (Å²) in [7, 11) is -3.87. The number of carbonyl (C=O) groups excluding carboxylic acids is 1. The molecule has 0 spiro atoms. The van der Waals surface area contributed by atoms with E-state index in [4.69, 9.17) is 9.29 Å². The van der Waals surface area contributed by atoms with Gasteiger partial charge in [-0.25, -0.2) is 4.79 Å². The van der Waals surface area contributed by atoms with E-state index >= 15 is 0 Å². The Bertz CT molecular complexity index is 694. The van der Waals surface area contributed by atoms with Crippen LogP contribution in [0.25, 0.3) is 0 Å². The van der Waals surface area contributed by atoms with Crippen LogP contribution in [0.15, 0.2) is 42.7 Å². The highest BCUT2D eigenvalue weighted by atomic mass is 32.2. The average Bonchev–Trinajstić information content (AvgIpc) is 3.05. The standard InChI is InChI=1S/C17H25N3O5S/c21-17(25-14-16-6-2-1-3-7-16)18-8-10-20-12-11-19(15-20)9-4-5-13-26(22,23)24/h1-3,6-7,11-12H,4-5,8-10,13-15H2,(H,18,21)(H,22,23,24). The zero-order valence-corrected chi connectivity index (χ0v) is 15.4. The second kappa shape index (κ2) is 10.0. The van der Waals surface area contributed by atoms with Crippen LogP contribution in [-0.2, 0) is 21.5 Å². The molecule has 1 aliphatic heterocycles. The van der Waals surface area contributed by atoms with Crippen molar-refractivity contribution in [3.8, 4) is 0 Å². The molecule has 0 aromatic heterocycles. The molecule has 1 aromatic carbocycles. The van der Waals surface area contributed by atoms with Gasteiger partial charge in [0.25, 0.3) is 10.1 Å². The van der Waals surface area contributed by atoms with Crippen molar-refractivity contribution in [3.63, 3.8) is 0 Å². The van der Waals surface area contributed by atoms with Gasteiger partial charge < -0.3 is 19.9 Å². The minimum absolute atomic E-state index is 0.205. The molecule has 0 bridgehead atoms. The lowest BCUT2D eigenvalue weighted by Gasteiger charge is -2.21. The first-order chi connectivity index (χ1) is 12.4. The summed E-state index contributed by atoms with van der Waals surface area (Å²) in [6, 6.07) is 9.49. The fourth-order valence-corrected chi connectivity index (χ4v) is 3.05. The quantitative estimate of drug-likeness (QED) is 0.468. The summed E-state index contributed by atoms with van der Waals surface area (Å²) in [6.07, 6.45) is 4.53. The van der Waals surface area contributed by atoms with Gasteiger partial charge in [-0.3, -0.25) is 4.55 Å². The van der Waals surface area contributed by atoms with Gasteiger partial charge in [0.2, 0.25) is 0 Å². The molecule has 1 amide bonds. The Morgan fingerprint density at radius 3 is 2.50 bits per heavy atom. The number of hydrogen-bond donors (Lipinski definition) is 2. The fraction of sp³-hybridized carbons (Fsp3) is 0.471. The van der Waals surface area contributed by atoms with Crippen LogP contribution in [0.5, 0.6) is 0 Å². The topological polar surface area (TPSA) is 99.2 Å². The van der Waals surface area contributed by atoms with Crippen LogP contribution in [0.2, 0.25) is 0 Å². The van der Waals surface area contributed by atoms with Crippen LogP contribution in [0, 0.1) is 0 Å². The third-order valence-electron chi connectivity index (χ3n) is 3.83. The van der Waals surface area contributed by atoms with Crippen molar-refractivity contribution in [2.75, 3.05) is 32.1 Å². The summed E-state index contributed by atoms with van der Waals surface area (Å²) in [6.45, 7) is 2.77. The third-order valence-corrected chi connectivity index (χ3v) is 4.63. The summed E-state index contributed by atoms with van der Waals surface area (Å²) in [5, 5.41) is 2.71. The van der Waals surface area contributed by atoms with Gasteiger partial charge in [0, 0.05) is 32.0 Å². The van der Waals surface area contributed by atoms with Crippen molar-refractivity contribution in [3.05, 3.63) is 48.3 Å². The Kier molecular flexibility index (Phi) is 7.73. The summed E-state index contributed by atoms with van der Waals surface area (Å²) >= 11 is 0.